The summed E-state index contributed by atoms with van der Waals surface area (Å²) in [7, 11) is 0. The summed E-state index contributed by atoms with van der Waals surface area (Å²) >= 11 is 0. The average molecular weight is 451 g/mol. The van der Waals surface area contributed by atoms with Crippen LogP contribution in [-0.4, -0.2) is 39.4 Å². The highest BCUT2D eigenvalue weighted by molar-refractivity contribution is 5.91. The third kappa shape index (κ3) is 4.84. The van der Waals surface area contributed by atoms with Crippen LogP contribution in [0.25, 0.3) is 11.3 Å². The lowest BCUT2D eigenvalue weighted by molar-refractivity contribution is -0.141. The van der Waals surface area contributed by atoms with Gasteiger partial charge >= 0.3 is 0 Å². The van der Waals surface area contributed by atoms with Crippen LogP contribution in [0.3, 0.4) is 0 Å². The van der Waals surface area contributed by atoms with E-state index in [4.69, 9.17) is 8.94 Å². The maximum Gasteiger partial charge on any atom is 0.243 e. The minimum atomic E-state index is -0.487. The number of benzene rings is 1. The first-order valence-corrected chi connectivity index (χ1v) is 11.4. The number of amides is 2. The fourth-order valence-corrected chi connectivity index (χ4v) is 4.43. The van der Waals surface area contributed by atoms with Gasteiger partial charge in [-0.1, -0.05) is 43.3 Å². The van der Waals surface area contributed by atoms with Gasteiger partial charge < -0.3 is 19.2 Å². The predicted molar refractivity (Wildman–Crippen MR) is 122 cm³/mol. The van der Waals surface area contributed by atoms with Gasteiger partial charge in [-0.05, 0) is 38.2 Å². The molecule has 4 rings (SSSR count). The van der Waals surface area contributed by atoms with Crippen molar-refractivity contribution in [3.8, 4) is 11.3 Å². The van der Waals surface area contributed by atoms with E-state index in [2.05, 4.69) is 15.5 Å². The third-order valence-electron chi connectivity index (χ3n) is 6.21. The highest BCUT2D eigenvalue weighted by Gasteiger charge is 2.40. The molecule has 0 spiro atoms. The number of nitrogens with one attached hydrogen (secondary N) is 1. The third-order valence-corrected chi connectivity index (χ3v) is 6.21. The molecule has 3 aromatic rings. The Bertz CT molecular complexity index is 1090. The Morgan fingerprint density at radius 2 is 1.94 bits per heavy atom. The van der Waals surface area contributed by atoms with Crippen molar-refractivity contribution in [2.45, 2.75) is 58.5 Å². The summed E-state index contributed by atoms with van der Waals surface area (Å²) in [5.41, 5.74) is 2.63. The summed E-state index contributed by atoms with van der Waals surface area (Å²) < 4.78 is 10.7. The lowest BCUT2D eigenvalue weighted by atomic mass is 9.91. The Kier molecular flexibility index (Phi) is 6.62. The first kappa shape index (κ1) is 22.8. The topological polar surface area (TPSA) is 101 Å². The van der Waals surface area contributed by atoms with Crippen LogP contribution < -0.4 is 5.32 Å². The number of rotatable bonds is 7. The molecule has 1 fully saturated rings. The Balaban J connectivity index is 1.44. The zero-order chi connectivity index (χ0) is 23.5. The van der Waals surface area contributed by atoms with E-state index in [0.29, 0.717) is 24.5 Å². The minimum absolute atomic E-state index is 0.0240. The molecule has 0 aliphatic carbocycles. The predicted octanol–water partition coefficient (Wildman–Crippen LogP) is 4.25. The smallest absolute Gasteiger partial charge is 0.243 e. The number of aryl methyl sites for hydroxylation is 1. The van der Waals surface area contributed by atoms with E-state index >= 15 is 0 Å². The quantitative estimate of drug-likeness (QED) is 0.578. The molecule has 33 heavy (non-hydrogen) atoms. The minimum Gasteiger partial charge on any atom is -0.444 e. The van der Waals surface area contributed by atoms with Gasteiger partial charge in [-0.2, -0.15) is 0 Å². The molecule has 0 radical (unpaired) electrons. The van der Waals surface area contributed by atoms with Crippen molar-refractivity contribution in [3.63, 3.8) is 0 Å². The molecular formula is C25H30N4O4. The van der Waals surface area contributed by atoms with Crippen LogP contribution >= 0.6 is 0 Å². The van der Waals surface area contributed by atoms with E-state index < -0.39 is 12.0 Å². The maximum atomic E-state index is 13.5. The number of oxazole rings is 1. The lowest BCUT2D eigenvalue weighted by Crippen LogP contribution is -2.48. The molecule has 3 heterocycles. The Labute approximate surface area is 193 Å². The second-order valence-corrected chi connectivity index (χ2v) is 9.00. The molecule has 2 amide bonds. The van der Waals surface area contributed by atoms with E-state index in [-0.39, 0.29) is 23.8 Å². The SMILES string of the molecule is Cc1cc(C(C(=O)N2CCC[C@H]2C(=O)NC(C)c2ccc(-c3cnco3)cc2)C(C)C)on1. The first-order chi connectivity index (χ1) is 15.8. The highest BCUT2D eigenvalue weighted by Crippen LogP contribution is 2.31. The van der Waals surface area contributed by atoms with Crippen LogP contribution in [0.2, 0.25) is 0 Å². The summed E-state index contributed by atoms with van der Waals surface area (Å²) in [5, 5.41) is 7.03. The summed E-state index contributed by atoms with van der Waals surface area (Å²) in [6.07, 6.45) is 4.50. The van der Waals surface area contributed by atoms with E-state index in [0.717, 1.165) is 23.2 Å². The molecule has 1 saturated heterocycles. The highest BCUT2D eigenvalue weighted by atomic mass is 16.5. The van der Waals surface area contributed by atoms with E-state index in [9.17, 15) is 9.59 Å². The van der Waals surface area contributed by atoms with Gasteiger partial charge in [0.05, 0.1) is 17.9 Å². The van der Waals surface area contributed by atoms with Crippen molar-refractivity contribution >= 4 is 11.8 Å². The van der Waals surface area contributed by atoms with Gasteiger partial charge in [0.1, 0.15) is 17.7 Å². The van der Waals surface area contributed by atoms with Gasteiger partial charge in [-0.3, -0.25) is 9.59 Å². The van der Waals surface area contributed by atoms with Crippen molar-refractivity contribution in [1.82, 2.24) is 20.4 Å². The van der Waals surface area contributed by atoms with Gasteiger partial charge in [0.25, 0.3) is 0 Å². The molecule has 8 heteroatoms. The van der Waals surface area contributed by atoms with E-state index in [1.807, 2.05) is 52.0 Å². The largest absolute Gasteiger partial charge is 0.444 e. The van der Waals surface area contributed by atoms with Gasteiger partial charge in [0.2, 0.25) is 11.8 Å². The molecule has 0 bridgehead atoms. The Hall–Kier alpha value is -3.42. The van der Waals surface area contributed by atoms with Crippen LogP contribution in [0.1, 0.15) is 62.6 Å². The molecule has 174 valence electrons. The molecular weight excluding hydrogens is 420 g/mol. The van der Waals surface area contributed by atoms with E-state index in [1.54, 1.807) is 17.2 Å². The van der Waals surface area contributed by atoms with Crippen LogP contribution in [0.4, 0.5) is 0 Å². The van der Waals surface area contributed by atoms with E-state index in [1.165, 1.54) is 6.39 Å². The van der Waals surface area contributed by atoms with Gasteiger partial charge in [0, 0.05) is 18.2 Å². The van der Waals surface area contributed by atoms with Crippen molar-refractivity contribution in [2.24, 2.45) is 5.92 Å². The molecule has 3 atom stereocenters. The van der Waals surface area contributed by atoms with Crippen molar-refractivity contribution in [1.29, 1.82) is 0 Å². The number of hydrogen-bond donors (Lipinski definition) is 1. The first-order valence-electron chi connectivity index (χ1n) is 11.4. The number of carbonyl (C=O) groups excluding carboxylic acids is 2. The molecule has 0 saturated carbocycles. The summed E-state index contributed by atoms with van der Waals surface area (Å²) in [4.78, 5) is 32.3. The van der Waals surface area contributed by atoms with Gasteiger partial charge in [0.15, 0.2) is 12.2 Å². The van der Waals surface area contributed by atoms with Crippen LogP contribution in [0.5, 0.6) is 0 Å². The zero-order valence-electron chi connectivity index (χ0n) is 19.4. The number of aromatic nitrogens is 2. The number of likely N-dealkylation sites (tertiary alicyclic amines) is 1. The summed E-state index contributed by atoms with van der Waals surface area (Å²) in [6.45, 7) is 8.30. The normalized spacial score (nSPS) is 17.8. The molecule has 1 aliphatic rings. The zero-order valence-corrected chi connectivity index (χ0v) is 19.4. The van der Waals surface area contributed by atoms with Crippen LogP contribution in [-0.2, 0) is 9.59 Å². The second-order valence-electron chi connectivity index (χ2n) is 9.00. The second kappa shape index (κ2) is 9.60. The Morgan fingerprint density at radius 3 is 2.55 bits per heavy atom. The average Bonchev–Trinajstić information content (AvgIpc) is 3.55. The van der Waals surface area contributed by atoms with Crippen molar-refractivity contribution < 1.29 is 18.5 Å². The molecule has 2 aromatic heterocycles. The molecule has 1 aromatic carbocycles. The Morgan fingerprint density at radius 1 is 1.18 bits per heavy atom. The monoisotopic (exact) mass is 450 g/mol. The van der Waals surface area contributed by atoms with Crippen LogP contribution in [0.15, 0.2) is 51.9 Å². The fourth-order valence-electron chi connectivity index (χ4n) is 4.43. The van der Waals surface area contributed by atoms with Gasteiger partial charge in [-0.15, -0.1) is 0 Å². The fraction of sp³-hybridized carbons (Fsp3) is 0.440. The summed E-state index contributed by atoms with van der Waals surface area (Å²) in [5.74, 6) is 0.599. The van der Waals surface area contributed by atoms with Crippen molar-refractivity contribution in [2.75, 3.05) is 6.54 Å². The molecule has 1 aliphatic heterocycles. The molecule has 2 unspecified atom stereocenters. The number of carbonyl (C=O) groups is 2. The standard InChI is InChI=1S/C25H30N4O4/c1-15(2)23(21-12-16(3)28-33-21)25(31)29-11-5-6-20(29)24(30)27-17(4)18-7-9-19(10-8-18)22-13-26-14-32-22/h7-10,12-15,17,20,23H,5-6,11H2,1-4H3,(H,27,30)/t17?,20-,23?/m0/s1. The molecule has 1 N–H and O–H groups in total. The van der Waals surface area contributed by atoms with Gasteiger partial charge in [-0.25, -0.2) is 4.98 Å². The molecule has 8 nitrogen and oxygen atoms in total. The number of hydrogen-bond acceptors (Lipinski definition) is 6. The number of nitrogens with zero attached hydrogens (tertiary/aromatic N) is 3. The van der Waals surface area contributed by atoms with Crippen molar-refractivity contribution in [3.05, 3.63) is 59.9 Å². The summed E-state index contributed by atoms with van der Waals surface area (Å²) in [6, 6.07) is 8.92. The van der Waals surface area contributed by atoms with Crippen LogP contribution in [0, 0.1) is 12.8 Å². The lowest BCUT2D eigenvalue weighted by Gasteiger charge is -2.29. The maximum absolute atomic E-state index is 13.5.